The van der Waals surface area contributed by atoms with Crippen LogP contribution < -0.4 is 10.6 Å². The molecule has 0 aliphatic carbocycles. The van der Waals surface area contributed by atoms with Gasteiger partial charge in [-0.1, -0.05) is 39.3 Å². The second kappa shape index (κ2) is 6.79. The number of aryl methyl sites for hydroxylation is 1. The van der Waals surface area contributed by atoms with Crippen LogP contribution in [-0.2, 0) is 6.42 Å². The van der Waals surface area contributed by atoms with Gasteiger partial charge in [-0.15, -0.1) is 0 Å². The molecule has 2 nitrogen and oxygen atoms in total. The van der Waals surface area contributed by atoms with Gasteiger partial charge in [0.05, 0.1) is 5.54 Å². The standard InChI is InChI=1S/C16H28N2/c1-5-12-16(7-3,13-17)18(4)15-10-8-14(6-2)9-11-15/h8-11H,5-7,12-13,17H2,1-4H3. The number of rotatable bonds is 7. The van der Waals surface area contributed by atoms with Crippen LogP contribution >= 0.6 is 0 Å². The first-order valence-electron chi connectivity index (χ1n) is 7.16. The van der Waals surface area contributed by atoms with Crippen molar-refractivity contribution in [1.82, 2.24) is 0 Å². The van der Waals surface area contributed by atoms with Crippen molar-refractivity contribution in [3.8, 4) is 0 Å². The lowest BCUT2D eigenvalue weighted by Gasteiger charge is -2.42. The molecule has 0 aliphatic heterocycles. The average Bonchev–Trinajstić information content (AvgIpc) is 2.44. The molecule has 102 valence electrons. The fourth-order valence-electron chi connectivity index (χ4n) is 2.66. The Kier molecular flexibility index (Phi) is 5.67. The van der Waals surface area contributed by atoms with Gasteiger partial charge in [-0.25, -0.2) is 0 Å². The number of hydrogen-bond donors (Lipinski definition) is 1. The van der Waals surface area contributed by atoms with Crippen molar-refractivity contribution in [2.45, 2.75) is 52.0 Å². The van der Waals surface area contributed by atoms with Crippen LogP contribution in [0.5, 0.6) is 0 Å². The van der Waals surface area contributed by atoms with E-state index in [1.54, 1.807) is 0 Å². The van der Waals surface area contributed by atoms with Crippen molar-refractivity contribution in [1.29, 1.82) is 0 Å². The SMILES string of the molecule is CCCC(CC)(CN)N(C)c1ccc(CC)cc1. The van der Waals surface area contributed by atoms with Crippen LogP contribution in [0.15, 0.2) is 24.3 Å². The van der Waals surface area contributed by atoms with Gasteiger partial charge in [0.1, 0.15) is 0 Å². The second-order valence-electron chi connectivity index (χ2n) is 5.11. The highest BCUT2D eigenvalue weighted by atomic mass is 15.2. The molecule has 1 unspecified atom stereocenters. The maximum absolute atomic E-state index is 6.06. The fraction of sp³-hybridized carbons (Fsp3) is 0.625. The van der Waals surface area contributed by atoms with Gasteiger partial charge in [-0.3, -0.25) is 0 Å². The first-order chi connectivity index (χ1) is 8.63. The zero-order valence-corrected chi connectivity index (χ0v) is 12.4. The van der Waals surface area contributed by atoms with Gasteiger partial charge < -0.3 is 10.6 Å². The predicted octanol–water partition coefficient (Wildman–Crippen LogP) is 3.59. The van der Waals surface area contributed by atoms with E-state index >= 15 is 0 Å². The molecule has 0 amide bonds. The van der Waals surface area contributed by atoms with Crippen LogP contribution in [0.25, 0.3) is 0 Å². The molecular formula is C16H28N2. The molecule has 1 rings (SSSR count). The van der Waals surface area contributed by atoms with Gasteiger partial charge in [0.15, 0.2) is 0 Å². The fourth-order valence-corrected chi connectivity index (χ4v) is 2.66. The monoisotopic (exact) mass is 248 g/mol. The van der Waals surface area contributed by atoms with Crippen molar-refractivity contribution < 1.29 is 0 Å². The number of anilines is 1. The van der Waals surface area contributed by atoms with E-state index in [-0.39, 0.29) is 5.54 Å². The minimum atomic E-state index is 0.0997. The predicted molar refractivity (Wildman–Crippen MR) is 81.2 cm³/mol. The van der Waals surface area contributed by atoms with Crippen molar-refractivity contribution in [3.63, 3.8) is 0 Å². The maximum Gasteiger partial charge on any atom is 0.0518 e. The lowest BCUT2D eigenvalue weighted by molar-refractivity contribution is 0.366. The van der Waals surface area contributed by atoms with E-state index in [0.717, 1.165) is 19.3 Å². The molecule has 0 aliphatic rings. The van der Waals surface area contributed by atoms with Crippen molar-refractivity contribution >= 4 is 5.69 Å². The normalized spacial score (nSPS) is 14.3. The van der Waals surface area contributed by atoms with Crippen molar-refractivity contribution in [3.05, 3.63) is 29.8 Å². The molecule has 0 fully saturated rings. The van der Waals surface area contributed by atoms with Gasteiger partial charge in [-0.05, 0) is 37.0 Å². The van der Waals surface area contributed by atoms with Crippen molar-refractivity contribution in [2.24, 2.45) is 5.73 Å². The molecule has 1 aromatic carbocycles. The summed E-state index contributed by atoms with van der Waals surface area (Å²) in [7, 11) is 2.17. The molecular weight excluding hydrogens is 220 g/mol. The van der Waals surface area contributed by atoms with E-state index in [0.29, 0.717) is 6.54 Å². The quantitative estimate of drug-likeness (QED) is 0.799. The Bertz CT molecular complexity index is 339. The summed E-state index contributed by atoms with van der Waals surface area (Å²) in [4.78, 5) is 2.37. The van der Waals surface area contributed by atoms with E-state index in [9.17, 15) is 0 Å². The van der Waals surface area contributed by atoms with Crippen LogP contribution in [-0.4, -0.2) is 19.1 Å². The summed E-state index contributed by atoms with van der Waals surface area (Å²) in [6.07, 6.45) is 4.49. The minimum Gasteiger partial charge on any atom is -0.368 e. The molecule has 0 radical (unpaired) electrons. The Morgan fingerprint density at radius 3 is 2.11 bits per heavy atom. The van der Waals surface area contributed by atoms with Crippen LogP contribution in [0.3, 0.4) is 0 Å². The molecule has 1 atom stereocenters. The lowest BCUT2D eigenvalue weighted by Crippen LogP contribution is -2.52. The highest BCUT2D eigenvalue weighted by Crippen LogP contribution is 2.29. The second-order valence-corrected chi connectivity index (χ2v) is 5.11. The molecule has 1 aromatic rings. The molecule has 0 aromatic heterocycles. The van der Waals surface area contributed by atoms with Gasteiger partial charge >= 0.3 is 0 Å². The number of benzene rings is 1. The Balaban J connectivity index is 2.97. The third-order valence-electron chi connectivity index (χ3n) is 4.20. The Labute approximate surface area is 112 Å². The number of likely N-dealkylation sites (N-methyl/N-ethyl adjacent to an activating group) is 1. The molecule has 2 N–H and O–H groups in total. The zero-order chi connectivity index (χ0) is 13.6. The Morgan fingerprint density at radius 1 is 1.11 bits per heavy atom. The summed E-state index contributed by atoms with van der Waals surface area (Å²) in [5, 5.41) is 0. The number of hydrogen-bond acceptors (Lipinski definition) is 2. The van der Waals surface area contributed by atoms with Crippen LogP contribution in [0.1, 0.15) is 45.6 Å². The third-order valence-corrected chi connectivity index (χ3v) is 4.20. The largest absolute Gasteiger partial charge is 0.368 e. The maximum atomic E-state index is 6.06. The van der Waals surface area contributed by atoms with E-state index in [1.165, 1.54) is 17.7 Å². The molecule has 0 bridgehead atoms. The van der Waals surface area contributed by atoms with E-state index in [2.05, 4.69) is 57.0 Å². The summed E-state index contributed by atoms with van der Waals surface area (Å²) in [5.41, 5.74) is 8.81. The molecule has 0 spiro atoms. The first kappa shape index (κ1) is 15.0. The summed E-state index contributed by atoms with van der Waals surface area (Å²) >= 11 is 0. The average molecular weight is 248 g/mol. The van der Waals surface area contributed by atoms with Gasteiger partial charge in [0, 0.05) is 19.3 Å². The van der Waals surface area contributed by atoms with Crippen LogP contribution in [0.4, 0.5) is 5.69 Å². The molecule has 0 heterocycles. The smallest absolute Gasteiger partial charge is 0.0518 e. The lowest BCUT2D eigenvalue weighted by atomic mass is 9.88. The zero-order valence-electron chi connectivity index (χ0n) is 12.4. The van der Waals surface area contributed by atoms with E-state index in [1.807, 2.05) is 0 Å². The first-order valence-corrected chi connectivity index (χ1v) is 7.16. The van der Waals surface area contributed by atoms with Crippen LogP contribution in [0.2, 0.25) is 0 Å². The molecule has 2 heteroatoms. The third kappa shape index (κ3) is 3.05. The highest BCUT2D eigenvalue weighted by molar-refractivity contribution is 5.49. The Hall–Kier alpha value is -1.02. The summed E-state index contributed by atoms with van der Waals surface area (Å²) in [5.74, 6) is 0. The highest BCUT2D eigenvalue weighted by Gasteiger charge is 2.30. The molecule has 18 heavy (non-hydrogen) atoms. The van der Waals surface area contributed by atoms with Crippen LogP contribution in [0, 0.1) is 0 Å². The topological polar surface area (TPSA) is 29.3 Å². The van der Waals surface area contributed by atoms with Crippen molar-refractivity contribution in [2.75, 3.05) is 18.5 Å². The number of nitrogens with zero attached hydrogens (tertiary/aromatic N) is 1. The summed E-state index contributed by atoms with van der Waals surface area (Å²) < 4.78 is 0. The molecule has 0 saturated heterocycles. The Morgan fingerprint density at radius 2 is 1.72 bits per heavy atom. The summed E-state index contributed by atoms with van der Waals surface area (Å²) in [6.45, 7) is 7.36. The minimum absolute atomic E-state index is 0.0997. The van der Waals surface area contributed by atoms with Gasteiger partial charge in [0.2, 0.25) is 0 Å². The van der Waals surface area contributed by atoms with E-state index < -0.39 is 0 Å². The number of nitrogens with two attached hydrogens (primary N) is 1. The van der Waals surface area contributed by atoms with E-state index in [4.69, 9.17) is 5.73 Å². The molecule has 0 saturated carbocycles. The van der Waals surface area contributed by atoms with Gasteiger partial charge in [0.25, 0.3) is 0 Å². The van der Waals surface area contributed by atoms with Gasteiger partial charge in [-0.2, -0.15) is 0 Å². The summed E-state index contributed by atoms with van der Waals surface area (Å²) in [6, 6.07) is 8.87.